The van der Waals surface area contributed by atoms with E-state index in [0.717, 1.165) is 0 Å². The summed E-state index contributed by atoms with van der Waals surface area (Å²) in [5.74, 6) is -4.86. The van der Waals surface area contributed by atoms with Gasteiger partial charge in [-0.25, -0.2) is 0 Å². The van der Waals surface area contributed by atoms with Gasteiger partial charge in [-0.2, -0.15) is 0 Å². The minimum atomic E-state index is -1.82. The number of rotatable bonds is 8. The third-order valence-corrected chi connectivity index (χ3v) is 2.27. The molecule has 25 heavy (non-hydrogen) atoms. The molecule has 0 aromatic rings. The van der Waals surface area contributed by atoms with Crippen molar-refractivity contribution >= 4 is 46.6 Å². The summed E-state index contributed by atoms with van der Waals surface area (Å²) in [5.41, 5.74) is 0. The summed E-state index contributed by atoms with van der Waals surface area (Å²) in [6, 6.07) is 0. The van der Waals surface area contributed by atoms with E-state index in [1.165, 1.54) is 13.8 Å². The Morgan fingerprint density at radius 2 is 0.920 bits per heavy atom. The van der Waals surface area contributed by atoms with Crippen LogP contribution in [-0.2, 0) is 19.2 Å². The number of carbonyl (C=O) groups is 4. The van der Waals surface area contributed by atoms with Crippen molar-refractivity contribution in [2.24, 2.45) is 0 Å². The molecule has 8 N–H and O–H groups in total. The number of carboxylic acid groups (broad SMARTS) is 2. The Labute approximate surface area is 158 Å². The van der Waals surface area contributed by atoms with Crippen molar-refractivity contribution in [1.82, 2.24) is 0 Å². The summed E-state index contributed by atoms with van der Waals surface area (Å²) in [6.45, 7) is 2.40. The normalized spacial score (nSPS) is 13.7. The SMILES string of the molecule is CC(O)C(=O)CC(O)C(=O)[O-].CC(O)C(=O)CC(O)C(=O)[O-].O.O.[Mg+2]. The van der Waals surface area contributed by atoms with E-state index < -0.39 is 60.8 Å². The second-order valence-electron chi connectivity index (χ2n) is 4.36. The maximum Gasteiger partial charge on any atom is 2.00 e. The van der Waals surface area contributed by atoms with Gasteiger partial charge in [-0.3, -0.25) is 9.59 Å². The van der Waals surface area contributed by atoms with Crippen LogP contribution in [0.15, 0.2) is 0 Å². The van der Waals surface area contributed by atoms with Crippen LogP contribution in [0.2, 0.25) is 0 Å². The molecule has 0 fully saturated rings. The van der Waals surface area contributed by atoms with Crippen molar-refractivity contribution in [3.8, 4) is 0 Å². The molecule has 0 aromatic carbocycles. The quantitative estimate of drug-likeness (QED) is 0.288. The Morgan fingerprint density at radius 1 is 0.720 bits per heavy atom. The first-order valence-electron chi connectivity index (χ1n) is 6.09. The fourth-order valence-electron chi connectivity index (χ4n) is 0.889. The largest absolute Gasteiger partial charge is 2.00 e. The number of aliphatic hydroxyl groups excluding tert-OH is 4. The van der Waals surface area contributed by atoms with Crippen LogP contribution in [-0.4, -0.2) is 102 Å². The standard InChI is InChI=1S/2C6H10O5.Mg.2H2O/c2*1-3(7)4(8)2-5(9)6(10)11;;;/h2*3,5,7,9H,2H2,1H3,(H,10,11);;2*1H2/q;;+2;;/p-2. The van der Waals surface area contributed by atoms with Crippen molar-refractivity contribution in [2.45, 2.75) is 51.1 Å². The molecule has 0 aliphatic carbocycles. The van der Waals surface area contributed by atoms with Gasteiger partial charge in [0.1, 0.15) is 24.4 Å². The molecular formula is C12H22MgO12. The van der Waals surface area contributed by atoms with E-state index >= 15 is 0 Å². The van der Waals surface area contributed by atoms with Gasteiger partial charge in [-0.05, 0) is 13.8 Å². The van der Waals surface area contributed by atoms with Crippen LogP contribution in [0.3, 0.4) is 0 Å². The molecule has 0 rings (SSSR count). The molecule has 0 spiro atoms. The maximum absolute atomic E-state index is 10.6. The summed E-state index contributed by atoms with van der Waals surface area (Å²) in [7, 11) is 0. The smallest absolute Gasteiger partial charge is 0.547 e. The molecule has 4 unspecified atom stereocenters. The minimum absolute atomic E-state index is 0. The van der Waals surface area contributed by atoms with Crippen LogP contribution in [0, 0.1) is 0 Å². The van der Waals surface area contributed by atoms with Gasteiger partial charge in [0.2, 0.25) is 0 Å². The number of aliphatic hydroxyl groups is 4. The number of ketones is 2. The Morgan fingerprint density at radius 3 is 1.04 bits per heavy atom. The summed E-state index contributed by atoms with van der Waals surface area (Å²) in [6.07, 6.45) is -7.36. The zero-order valence-corrected chi connectivity index (χ0v) is 15.1. The summed E-state index contributed by atoms with van der Waals surface area (Å²) in [4.78, 5) is 40.8. The van der Waals surface area contributed by atoms with E-state index in [1.807, 2.05) is 0 Å². The Hall–Kier alpha value is -1.19. The van der Waals surface area contributed by atoms with Crippen LogP contribution >= 0.6 is 0 Å². The summed E-state index contributed by atoms with van der Waals surface area (Å²) < 4.78 is 0. The van der Waals surface area contributed by atoms with Crippen LogP contribution in [0.4, 0.5) is 0 Å². The van der Waals surface area contributed by atoms with Gasteiger partial charge in [0.25, 0.3) is 0 Å². The summed E-state index contributed by atoms with van der Waals surface area (Å²) >= 11 is 0. The maximum atomic E-state index is 10.6. The van der Waals surface area contributed by atoms with Gasteiger partial charge < -0.3 is 51.2 Å². The molecule has 0 saturated carbocycles. The topological polar surface area (TPSA) is 258 Å². The second-order valence-corrected chi connectivity index (χ2v) is 4.36. The predicted molar refractivity (Wildman–Crippen MR) is 77.6 cm³/mol. The molecule has 13 heteroatoms. The van der Waals surface area contributed by atoms with E-state index in [4.69, 9.17) is 20.4 Å². The van der Waals surface area contributed by atoms with Crippen LogP contribution in [0.5, 0.6) is 0 Å². The number of hydrogen-bond donors (Lipinski definition) is 4. The van der Waals surface area contributed by atoms with Crippen LogP contribution in [0.1, 0.15) is 26.7 Å². The van der Waals surface area contributed by atoms with Crippen LogP contribution < -0.4 is 10.2 Å². The first kappa shape index (κ1) is 35.0. The van der Waals surface area contributed by atoms with Crippen molar-refractivity contribution in [3.63, 3.8) is 0 Å². The first-order valence-corrected chi connectivity index (χ1v) is 6.09. The molecule has 0 radical (unpaired) electrons. The van der Waals surface area contributed by atoms with E-state index in [0.29, 0.717) is 0 Å². The van der Waals surface area contributed by atoms with Gasteiger partial charge in [0.15, 0.2) is 11.6 Å². The molecule has 144 valence electrons. The van der Waals surface area contributed by atoms with Crippen molar-refractivity contribution < 1.29 is 60.8 Å². The molecule has 0 aromatic heterocycles. The zero-order valence-electron chi connectivity index (χ0n) is 13.7. The number of aliphatic carboxylic acids is 2. The average molecular weight is 383 g/mol. The number of Topliss-reactive ketones (excluding diaryl/α,β-unsaturated/α-hetero) is 2. The fourth-order valence-corrected chi connectivity index (χ4v) is 0.889. The van der Waals surface area contributed by atoms with Crippen molar-refractivity contribution in [2.75, 3.05) is 0 Å². The van der Waals surface area contributed by atoms with Gasteiger partial charge in [-0.15, -0.1) is 0 Å². The van der Waals surface area contributed by atoms with Gasteiger partial charge in [0.05, 0.1) is 11.9 Å². The number of carbonyl (C=O) groups excluding carboxylic acids is 4. The molecule has 0 aliphatic rings. The molecule has 0 saturated heterocycles. The molecule has 0 heterocycles. The molecule has 4 atom stereocenters. The Kier molecular flexibility index (Phi) is 24.7. The molecule has 0 amide bonds. The van der Waals surface area contributed by atoms with E-state index in [2.05, 4.69) is 0 Å². The van der Waals surface area contributed by atoms with E-state index in [1.54, 1.807) is 0 Å². The number of hydrogen-bond acceptors (Lipinski definition) is 10. The molecule has 0 bridgehead atoms. The molecule has 0 aliphatic heterocycles. The van der Waals surface area contributed by atoms with Gasteiger partial charge >= 0.3 is 23.1 Å². The Bertz CT molecular complexity index is 371. The van der Waals surface area contributed by atoms with Gasteiger partial charge in [-0.1, -0.05) is 0 Å². The Balaban J connectivity index is -0.0000000952. The monoisotopic (exact) mass is 382 g/mol. The molecule has 12 nitrogen and oxygen atoms in total. The zero-order chi connectivity index (χ0) is 18.0. The first-order chi connectivity index (χ1) is 9.89. The fraction of sp³-hybridized carbons (Fsp3) is 0.667. The second kappa shape index (κ2) is 17.6. The predicted octanol–water partition coefficient (Wildman–Crippen LogP) is -7.16. The average Bonchev–Trinajstić information content (AvgIpc) is 2.38. The third-order valence-electron chi connectivity index (χ3n) is 2.27. The van der Waals surface area contributed by atoms with E-state index in [-0.39, 0.29) is 34.0 Å². The van der Waals surface area contributed by atoms with E-state index in [9.17, 15) is 29.4 Å². The summed E-state index contributed by atoms with van der Waals surface area (Å²) in [5, 5.41) is 54.0. The third kappa shape index (κ3) is 19.0. The minimum Gasteiger partial charge on any atom is -0.547 e. The van der Waals surface area contributed by atoms with Crippen LogP contribution in [0.25, 0.3) is 0 Å². The van der Waals surface area contributed by atoms with Crippen molar-refractivity contribution in [3.05, 3.63) is 0 Å². The van der Waals surface area contributed by atoms with Gasteiger partial charge in [0, 0.05) is 12.8 Å². The van der Waals surface area contributed by atoms with Crippen molar-refractivity contribution in [1.29, 1.82) is 0 Å². The molecular weight excluding hydrogens is 360 g/mol. The number of carboxylic acids is 2.